The number of ether oxygens (including phenoxy) is 1. The van der Waals surface area contributed by atoms with Crippen LogP contribution >= 0.6 is 27.5 Å². The number of esters is 1. The van der Waals surface area contributed by atoms with E-state index in [9.17, 15) is 18.0 Å². The Labute approximate surface area is 232 Å². The van der Waals surface area contributed by atoms with E-state index in [4.69, 9.17) is 16.3 Å². The lowest BCUT2D eigenvalue weighted by atomic mass is 10.2. The summed E-state index contributed by atoms with van der Waals surface area (Å²) in [5.41, 5.74) is 3.28. The fraction of sp³-hybridized carbons (Fsp3) is 0. The van der Waals surface area contributed by atoms with Gasteiger partial charge in [0.1, 0.15) is 5.75 Å². The number of para-hydroxylation sites is 1. The highest BCUT2D eigenvalue weighted by molar-refractivity contribution is 9.10. The van der Waals surface area contributed by atoms with Gasteiger partial charge in [0.15, 0.2) is 0 Å². The van der Waals surface area contributed by atoms with Gasteiger partial charge < -0.3 is 4.74 Å². The summed E-state index contributed by atoms with van der Waals surface area (Å²) in [5.74, 6) is -0.974. The predicted octanol–water partition coefficient (Wildman–Crippen LogP) is 5.89. The van der Waals surface area contributed by atoms with E-state index < -0.39 is 21.9 Å². The quantitative estimate of drug-likeness (QED) is 0.112. The van der Waals surface area contributed by atoms with Gasteiger partial charge in [0.25, 0.3) is 15.9 Å². The summed E-state index contributed by atoms with van der Waals surface area (Å²) in [6.07, 6.45) is 1.32. The van der Waals surface area contributed by atoms with Gasteiger partial charge in [-0.2, -0.15) is 5.10 Å². The molecule has 0 spiro atoms. The maximum Gasteiger partial charge on any atom is 0.343 e. The Kier molecular flexibility index (Phi) is 8.57. The number of hydrogen-bond donors (Lipinski definition) is 2. The van der Waals surface area contributed by atoms with Crippen LogP contribution in [0.25, 0.3) is 0 Å². The van der Waals surface area contributed by atoms with Crippen LogP contribution in [0, 0.1) is 0 Å². The Bertz CT molecular complexity index is 1610. The van der Waals surface area contributed by atoms with Crippen molar-refractivity contribution in [2.75, 3.05) is 4.72 Å². The maximum atomic E-state index is 12.9. The number of nitrogens with one attached hydrogen (secondary N) is 2. The van der Waals surface area contributed by atoms with Crippen molar-refractivity contribution in [1.29, 1.82) is 0 Å². The topological polar surface area (TPSA) is 114 Å². The first-order valence-corrected chi connectivity index (χ1v) is 13.7. The second-order valence-corrected chi connectivity index (χ2v) is 10.8. The summed E-state index contributed by atoms with van der Waals surface area (Å²) >= 11 is 9.21. The molecular weight excluding hydrogens is 594 g/mol. The van der Waals surface area contributed by atoms with Crippen molar-refractivity contribution in [3.63, 3.8) is 0 Å². The number of anilines is 1. The van der Waals surface area contributed by atoms with Crippen LogP contribution in [-0.2, 0) is 10.0 Å². The first-order chi connectivity index (χ1) is 18.2. The molecule has 0 atom stereocenters. The molecule has 0 fully saturated rings. The molecule has 0 heterocycles. The van der Waals surface area contributed by atoms with E-state index in [1.165, 1.54) is 42.6 Å². The minimum Gasteiger partial charge on any atom is -0.422 e. The normalized spacial score (nSPS) is 11.2. The zero-order valence-electron chi connectivity index (χ0n) is 19.5. The lowest BCUT2D eigenvalue weighted by molar-refractivity contribution is 0.0734. The smallest absolute Gasteiger partial charge is 0.343 e. The molecule has 4 aromatic carbocycles. The molecule has 11 heteroatoms. The Morgan fingerprint density at radius 1 is 0.895 bits per heavy atom. The van der Waals surface area contributed by atoms with Crippen LogP contribution in [0.2, 0.25) is 5.02 Å². The van der Waals surface area contributed by atoms with Crippen LogP contribution < -0.4 is 14.9 Å². The largest absolute Gasteiger partial charge is 0.422 e. The monoisotopic (exact) mass is 611 g/mol. The minimum absolute atomic E-state index is 0.0117. The number of hydrogen-bond acceptors (Lipinski definition) is 6. The van der Waals surface area contributed by atoms with E-state index in [-0.39, 0.29) is 21.9 Å². The number of carbonyl (C=O) groups excluding carboxylic acids is 2. The molecule has 0 saturated carbocycles. The molecule has 0 aromatic heterocycles. The first kappa shape index (κ1) is 27.1. The summed E-state index contributed by atoms with van der Waals surface area (Å²) in [5, 5.41) is 4.37. The number of halogens is 2. The van der Waals surface area contributed by atoms with Gasteiger partial charge in [-0.3, -0.25) is 9.52 Å². The fourth-order valence-corrected chi connectivity index (χ4v) is 4.84. The molecular formula is C27H19BrClN3O5S. The molecule has 192 valence electrons. The Balaban J connectivity index is 1.50. The summed E-state index contributed by atoms with van der Waals surface area (Å²) in [4.78, 5) is 25.3. The van der Waals surface area contributed by atoms with Gasteiger partial charge in [-0.05, 0) is 66.7 Å². The average molecular weight is 613 g/mol. The molecule has 4 aromatic rings. The van der Waals surface area contributed by atoms with Gasteiger partial charge in [0.05, 0.1) is 27.9 Å². The third-order valence-electron chi connectivity index (χ3n) is 5.09. The van der Waals surface area contributed by atoms with E-state index in [0.29, 0.717) is 20.6 Å². The van der Waals surface area contributed by atoms with E-state index >= 15 is 0 Å². The van der Waals surface area contributed by atoms with Gasteiger partial charge in [0, 0.05) is 15.1 Å². The van der Waals surface area contributed by atoms with E-state index in [2.05, 4.69) is 31.2 Å². The summed E-state index contributed by atoms with van der Waals surface area (Å²) in [7, 11) is -3.98. The lowest BCUT2D eigenvalue weighted by Crippen LogP contribution is -2.21. The van der Waals surface area contributed by atoms with Crippen LogP contribution in [0.1, 0.15) is 26.3 Å². The average Bonchev–Trinajstić information content (AvgIpc) is 2.91. The SMILES string of the molecule is O=C(Oc1ccc(Br)cc1/C=N\NC(=O)c1ccccc1NS(=O)(=O)c1ccc(Cl)cc1)c1ccccc1. The third kappa shape index (κ3) is 6.86. The predicted molar refractivity (Wildman–Crippen MR) is 149 cm³/mol. The molecule has 1 amide bonds. The Morgan fingerprint density at radius 3 is 2.32 bits per heavy atom. The molecule has 0 saturated heterocycles. The Hall–Kier alpha value is -3.99. The molecule has 38 heavy (non-hydrogen) atoms. The van der Waals surface area contributed by atoms with Crippen LogP contribution in [0.5, 0.6) is 5.75 Å². The molecule has 8 nitrogen and oxygen atoms in total. The molecule has 0 unspecified atom stereocenters. The van der Waals surface area contributed by atoms with Gasteiger partial charge in [-0.25, -0.2) is 18.6 Å². The maximum absolute atomic E-state index is 12.9. The van der Waals surface area contributed by atoms with E-state index in [1.54, 1.807) is 60.7 Å². The number of hydrazone groups is 1. The number of carbonyl (C=O) groups is 2. The van der Waals surface area contributed by atoms with Crippen molar-refractivity contribution >= 4 is 61.3 Å². The van der Waals surface area contributed by atoms with Crippen molar-refractivity contribution in [1.82, 2.24) is 5.43 Å². The van der Waals surface area contributed by atoms with E-state index in [1.807, 2.05) is 0 Å². The molecule has 0 aliphatic rings. The minimum atomic E-state index is -3.98. The van der Waals surface area contributed by atoms with E-state index in [0.717, 1.165) is 0 Å². The molecule has 0 aliphatic heterocycles. The highest BCUT2D eigenvalue weighted by Gasteiger charge is 2.18. The second-order valence-electron chi connectivity index (χ2n) is 7.74. The zero-order valence-corrected chi connectivity index (χ0v) is 22.6. The molecule has 0 aliphatic carbocycles. The Morgan fingerprint density at radius 2 is 1.58 bits per heavy atom. The number of sulfonamides is 1. The summed E-state index contributed by atoms with van der Waals surface area (Å²) < 4.78 is 34.2. The van der Waals surface area contributed by atoms with Crippen LogP contribution in [-0.4, -0.2) is 26.5 Å². The highest BCUT2D eigenvalue weighted by Crippen LogP contribution is 2.24. The second kappa shape index (κ2) is 12.0. The standard InChI is InChI=1S/C27H19BrClN3O5S/c28-20-10-15-25(37-27(34)18-6-2-1-3-7-18)19(16-20)17-30-31-26(33)23-8-4-5-9-24(23)32-38(35,36)22-13-11-21(29)12-14-22/h1-17,32H,(H,31,33)/b30-17-. The number of amides is 1. The highest BCUT2D eigenvalue weighted by atomic mass is 79.9. The molecule has 4 rings (SSSR count). The van der Waals surface area contributed by atoms with Gasteiger partial charge in [0.2, 0.25) is 0 Å². The first-order valence-electron chi connectivity index (χ1n) is 11.0. The van der Waals surface area contributed by atoms with Crippen LogP contribution in [0.4, 0.5) is 5.69 Å². The van der Waals surface area contributed by atoms with Crippen molar-refractivity contribution in [3.05, 3.63) is 123 Å². The van der Waals surface area contributed by atoms with Gasteiger partial charge >= 0.3 is 5.97 Å². The number of benzene rings is 4. The molecule has 0 bridgehead atoms. The van der Waals surface area contributed by atoms with Crippen molar-refractivity contribution in [2.24, 2.45) is 5.10 Å². The van der Waals surface area contributed by atoms with Gasteiger partial charge in [-0.15, -0.1) is 0 Å². The number of rotatable bonds is 8. The summed E-state index contributed by atoms with van der Waals surface area (Å²) in [6, 6.07) is 25.2. The van der Waals surface area contributed by atoms with Gasteiger partial charge in [-0.1, -0.05) is 57.9 Å². The van der Waals surface area contributed by atoms with Crippen molar-refractivity contribution in [3.8, 4) is 5.75 Å². The van der Waals surface area contributed by atoms with Crippen molar-refractivity contribution in [2.45, 2.75) is 4.90 Å². The summed E-state index contributed by atoms with van der Waals surface area (Å²) in [6.45, 7) is 0. The van der Waals surface area contributed by atoms with Crippen LogP contribution in [0.15, 0.2) is 112 Å². The fourth-order valence-electron chi connectivity index (χ4n) is 3.25. The third-order valence-corrected chi connectivity index (χ3v) is 7.22. The van der Waals surface area contributed by atoms with Crippen LogP contribution in [0.3, 0.4) is 0 Å². The van der Waals surface area contributed by atoms with Crippen molar-refractivity contribution < 1.29 is 22.7 Å². The molecule has 2 N–H and O–H groups in total. The molecule has 0 radical (unpaired) electrons. The lowest BCUT2D eigenvalue weighted by Gasteiger charge is -2.12. The number of nitrogens with zero attached hydrogens (tertiary/aromatic N) is 1. The zero-order chi connectivity index (χ0) is 27.1.